The number of phosphoric ester groups is 1. The Morgan fingerprint density at radius 3 is 1.33 bits per heavy atom. The largest absolute Gasteiger partial charge is 0.480 e. The molecular weight excluding hydrogens is 745 g/mol. The molecular formula is C45H86NO10P. The number of hydrogen-bond acceptors (Lipinski definition) is 8. The van der Waals surface area contributed by atoms with Crippen molar-refractivity contribution in [3.8, 4) is 0 Å². The van der Waals surface area contributed by atoms with Crippen LogP contribution in [-0.4, -0.2) is 64.9 Å². The molecule has 0 radical (unpaired) electrons. The predicted octanol–water partition coefficient (Wildman–Crippen LogP) is 12.1. The van der Waals surface area contributed by atoms with Crippen molar-refractivity contribution in [1.82, 2.24) is 5.32 Å². The molecule has 57 heavy (non-hydrogen) atoms. The fraction of sp³-hybridized carbons (Fsp3) is 0.889. The Morgan fingerprint density at radius 2 is 0.912 bits per heavy atom. The molecule has 3 unspecified atom stereocenters. The SMILES string of the molecule is CCCCCCCC/C=C/CCCCCCCCCCCC(=O)NC(COP(=O)(O)OCC(O)COC(=O)CCCCCCCCCCCCCCCC)C(=O)O. The predicted molar refractivity (Wildman–Crippen MR) is 231 cm³/mol. The van der Waals surface area contributed by atoms with Crippen LogP contribution in [0, 0.1) is 0 Å². The van der Waals surface area contributed by atoms with Gasteiger partial charge < -0.3 is 25.2 Å². The van der Waals surface area contributed by atoms with Gasteiger partial charge in [0, 0.05) is 12.8 Å². The van der Waals surface area contributed by atoms with Crippen molar-refractivity contribution in [2.45, 2.75) is 238 Å². The number of carboxylic acids is 1. The van der Waals surface area contributed by atoms with Crippen molar-refractivity contribution >= 4 is 25.7 Å². The first kappa shape index (κ1) is 55.2. The van der Waals surface area contributed by atoms with E-state index in [2.05, 4.69) is 31.3 Å². The third kappa shape index (κ3) is 40.8. The second-order valence-electron chi connectivity index (χ2n) is 15.9. The summed E-state index contributed by atoms with van der Waals surface area (Å²) in [5.41, 5.74) is 0. The van der Waals surface area contributed by atoms with Crippen LogP contribution in [0.4, 0.5) is 0 Å². The molecule has 0 saturated heterocycles. The number of amides is 1. The Labute approximate surface area is 347 Å². The molecule has 0 heterocycles. The summed E-state index contributed by atoms with van der Waals surface area (Å²) in [5, 5.41) is 21.9. The lowest BCUT2D eigenvalue weighted by Gasteiger charge is -2.18. The van der Waals surface area contributed by atoms with Crippen LogP contribution in [-0.2, 0) is 32.7 Å². The summed E-state index contributed by atoms with van der Waals surface area (Å²) in [4.78, 5) is 46.0. The molecule has 0 aromatic carbocycles. The highest BCUT2D eigenvalue weighted by molar-refractivity contribution is 7.47. The number of carboxylic acid groups (broad SMARTS) is 1. The van der Waals surface area contributed by atoms with Crippen LogP contribution in [0.15, 0.2) is 12.2 Å². The summed E-state index contributed by atoms with van der Waals surface area (Å²) >= 11 is 0. The minimum atomic E-state index is -4.75. The molecule has 0 aliphatic rings. The lowest BCUT2D eigenvalue weighted by atomic mass is 10.0. The van der Waals surface area contributed by atoms with Gasteiger partial charge >= 0.3 is 19.8 Å². The van der Waals surface area contributed by atoms with E-state index < -0.39 is 57.6 Å². The number of carbonyl (C=O) groups is 3. The summed E-state index contributed by atoms with van der Waals surface area (Å²) < 4.78 is 26.9. The fourth-order valence-corrected chi connectivity index (χ4v) is 7.44. The van der Waals surface area contributed by atoms with Gasteiger partial charge in [0.1, 0.15) is 12.7 Å². The molecule has 0 aromatic rings. The van der Waals surface area contributed by atoms with Crippen molar-refractivity contribution in [3.63, 3.8) is 0 Å². The fourth-order valence-electron chi connectivity index (χ4n) is 6.66. The molecule has 336 valence electrons. The molecule has 0 saturated carbocycles. The van der Waals surface area contributed by atoms with Crippen LogP contribution in [0.1, 0.15) is 226 Å². The molecule has 4 N–H and O–H groups in total. The van der Waals surface area contributed by atoms with Crippen molar-refractivity contribution in [3.05, 3.63) is 12.2 Å². The Morgan fingerprint density at radius 1 is 0.544 bits per heavy atom. The van der Waals surface area contributed by atoms with E-state index in [1.165, 1.54) is 148 Å². The molecule has 0 aliphatic carbocycles. The van der Waals surface area contributed by atoms with E-state index in [9.17, 15) is 34.1 Å². The van der Waals surface area contributed by atoms with Gasteiger partial charge in [-0.15, -0.1) is 0 Å². The number of phosphoric acid groups is 1. The summed E-state index contributed by atoms with van der Waals surface area (Å²) in [6, 6.07) is -1.54. The number of carbonyl (C=O) groups excluding carboxylic acids is 2. The van der Waals surface area contributed by atoms with Crippen molar-refractivity contribution in [1.29, 1.82) is 0 Å². The molecule has 0 bridgehead atoms. The number of aliphatic hydroxyl groups excluding tert-OH is 1. The van der Waals surface area contributed by atoms with Crippen LogP contribution < -0.4 is 5.32 Å². The molecule has 0 aromatic heterocycles. The zero-order valence-corrected chi connectivity index (χ0v) is 37.3. The topological polar surface area (TPSA) is 169 Å². The molecule has 12 heteroatoms. The maximum Gasteiger partial charge on any atom is 0.472 e. The van der Waals surface area contributed by atoms with E-state index in [0.29, 0.717) is 12.8 Å². The first-order valence-electron chi connectivity index (χ1n) is 23.2. The highest BCUT2D eigenvalue weighted by Crippen LogP contribution is 2.43. The number of rotatable bonds is 44. The molecule has 0 aliphatic heterocycles. The summed E-state index contributed by atoms with van der Waals surface area (Å²) in [5.74, 6) is -2.36. The molecule has 0 rings (SSSR count). The van der Waals surface area contributed by atoms with Crippen LogP contribution >= 0.6 is 7.82 Å². The molecule has 1 amide bonds. The highest BCUT2D eigenvalue weighted by atomic mass is 31.2. The average Bonchev–Trinajstić information content (AvgIpc) is 3.18. The number of allylic oxidation sites excluding steroid dienone is 2. The normalized spacial score (nSPS) is 13.8. The zero-order chi connectivity index (χ0) is 42.1. The third-order valence-corrected chi connectivity index (χ3v) is 11.3. The van der Waals surface area contributed by atoms with E-state index >= 15 is 0 Å². The van der Waals surface area contributed by atoms with E-state index in [-0.39, 0.29) is 12.8 Å². The van der Waals surface area contributed by atoms with Gasteiger partial charge in [-0.2, -0.15) is 0 Å². The van der Waals surface area contributed by atoms with Gasteiger partial charge in [0.25, 0.3) is 0 Å². The Balaban J connectivity index is 3.86. The van der Waals surface area contributed by atoms with Gasteiger partial charge in [0.2, 0.25) is 5.91 Å². The maximum absolute atomic E-state index is 12.3. The number of unbranched alkanes of at least 4 members (excludes halogenated alkanes) is 28. The van der Waals surface area contributed by atoms with E-state index in [4.69, 9.17) is 13.8 Å². The van der Waals surface area contributed by atoms with Crippen molar-refractivity contribution in [2.75, 3.05) is 19.8 Å². The Bertz CT molecular complexity index is 1030. The van der Waals surface area contributed by atoms with Crippen LogP contribution in [0.2, 0.25) is 0 Å². The number of ether oxygens (including phenoxy) is 1. The standard InChI is InChI=1S/C45H86NO10P/c1-3-5-7-9-11-13-15-17-19-20-21-22-23-24-26-28-30-32-34-36-43(48)46-42(45(50)51)40-56-57(52,53)55-39-41(47)38-54-44(49)37-35-33-31-29-27-25-18-16-14-12-10-8-6-4-2/h17,19,41-42,47H,3-16,18,20-40H2,1-2H3,(H,46,48)(H,50,51)(H,52,53)/b19-17+. The lowest BCUT2D eigenvalue weighted by molar-refractivity contribution is -0.147. The van der Waals surface area contributed by atoms with Crippen LogP contribution in [0.5, 0.6) is 0 Å². The number of aliphatic hydroxyl groups is 1. The average molecular weight is 832 g/mol. The molecule has 11 nitrogen and oxygen atoms in total. The van der Waals surface area contributed by atoms with Crippen LogP contribution in [0.25, 0.3) is 0 Å². The first-order valence-corrected chi connectivity index (χ1v) is 24.7. The Kier molecular flexibility index (Phi) is 39.7. The summed E-state index contributed by atoms with van der Waals surface area (Å²) in [6.45, 7) is 2.61. The number of nitrogens with one attached hydrogen (secondary N) is 1. The van der Waals surface area contributed by atoms with Crippen molar-refractivity contribution < 1.29 is 47.8 Å². The van der Waals surface area contributed by atoms with Crippen LogP contribution in [0.3, 0.4) is 0 Å². The quantitative estimate of drug-likeness (QED) is 0.0201. The second-order valence-corrected chi connectivity index (χ2v) is 17.4. The Hall–Kier alpha value is -1.78. The van der Waals surface area contributed by atoms with E-state index in [0.717, 1.165) is 38.5 Å². The zero-order valence-electron chi connectivity index (χ0n) is 36.4. The minimum Gasteiger partial charge on any atom is -0.480 e. The second kappa shape index (κ2) is 41.0. The summed E-state index contributed by atoms with van der Waals surface area (Å²) in [6.07, 6.45) is 40.9. The van der Waals surface area contributed by atoms with Gasteiger partial charge in [-0.3, -0.25) is 18.6 Å². The van der Waals surface area contributed by atoms with Gasteiger partial charge in [0.15, 0.2) is 6.04 Å². The molecule has 0 fully saturated rings. The summed E-state index contributed by atoms with van der Waals surface area (Å²) in [7, 11) is -4.75. The maximum atomic E-state index is 12.3. The van der Waals surface area contributed by atoms with E-state index in [1.54, 1.807) is 0 Å². The van der Waals surface area contributed by atoms with Gasteiger partial charge in [-0.1, -0.05) is 187 Å². The van der Waals surface area contributed by atoms with Crippen molar-refractivity contribution in [2.24, 2.45) is 0 Å². The number of hydrogen-bond donors (Lipinski definition) is 4. The third-order valence-electron chi connectivity index (χ3n) is 10.3. The number of esters is 1. The van der Waals surface area contributed by atoms with Gasteiger partial charge in [-0.25, -0.2) is 9.36 Å². The number of aliphatic carboxylic acids is 1. The monoisotopic (exact) mass is 832 g/mol. The minimum absolute atomic E-state index is 0.147. The van der Waals surface area contributed by atoms with Gasteiger partial charge in [-0.05, 0) is 38.5 Å². The van der Waals surface area contributed by atoms with Gasteiger partial charge in [0.05, 0.1) is 13.2 Å². The molecule has 3 atom stereocenters. The molecule has 0 spiro atoms. The smallest absolute Gasteiger partial charge is 0.472 e. The van der Waals surface area contributed by atoms with E-state index in [1.807, 2.05) is 0 Å². The first-order chi connectivity index (χ1) is 27.6. The highest BCUT2D eigenvalue weighted by Gasteiger charge is 2.28. The lowest BCUT2D eigenvalue weighted by Crippen LogP contribution is -2.43.